The molecule has 1 atom stereocenters. The number of nitrogens with two attached hydrogens (primary N) is 1. The van der Waals surface area contributed by atoms with Crippen molar-refractivity contribution in [2.45, 2.75) is 19.9 Å². The first-order chi connectivity index (χ1) is 9.02. The maximum absolute atomic E-state index is 5.97. The standard InChI is InChI=1S/C15H22N4/c1-11-5-7-13(8-6-11)19(4)15(9-16)14-10-18(3)17-12(14)2/h5-8,10,15H,9,16H2,1-4H3. The summed E-state index contributed by atoms with van der Waals surface area (Å²) in [4.78, 5) is 2.21. The molecule has 4 nitrogen and oxygen atoms in total. The third-order valence-corrected chi connectivity index (χ3v) is 3.54. The van der Waals surface area contributed by atoms with Crippen LogP contribution in [0.5, 0.6) is 0 Å². The summed E-state index contributed by atoms with van der Waals surface area (Å²) >= 11 is 0. The first-order valence-corrected chi connectivity index (χ1v) is 6.52. The molecule has 19 heavy (non-hydrogen) atoms. The fourth-order valence-electron chi connectivity index (χ4n) is 2.40. The molecule has 2 rings (SSSR count). The van der Waals surface area contributed by atoms with Crippen LogP contribution in [0.2, 0.25) is 0 Å². The third-order valence-electron chi connectivity index (χ3n) is 3.54. The van der Waals surface area contributed by atoms with Crippen LogP contribution >= 0.6 is 0 Å². The van der Waals surface area contributed by atoms with Crippen molar-refractivity contribution >= 4 is 5.69 Å². The summed E-state index contributed by atoms with van der Waals surface area (Å²) in [7, 11) is 4.02. The molecule has 0 aliphatic rings. The summed E-state index contributed by atoms with van der Waals surface area (Å²) in [6.07, 6.45) is 2.05. The van der Waals surface area contributed by atoms with Gasteiger partial charge in [-0.05, 0) is 26.0 Å². The Hall–Kier alpha value is -1.81. The Balaban J connectivity index is 2.31. The van der Waals surface area contributed by atoms with Crippen LogP contribution < -0.4 is 10.6 Å². The van der Waals surface area contributed by atoms with Gasteiger partial charge in [-0.15, -0.1) is 0 Å². The largest absolute Gasteiger partial charge is 0.366 e. The molecule has 2 aromatic rings. The van der Waals surface area contributed by atoms with Gasteiger partial charge in [0.1, 0.15) is 0 Å². The quantitative estimate of drug-likeness (QED) is 0.914. The number of likely N-dealkylation sites (N-methyl/N-ethyl adjacent to an activating group) is 1. The normalized spacial score (nSPS) is 12.5. The summed E-state index contributed by atoms with van der Waals surface area (Å²) in [5.74, 6) is 0. The zero-order chi connectivity index (χ0) is 14.0. The van der Waals surface area contributed by atoms with E-state index in [4.69, 9.17) is 5.73 Å². The van der Waals surface area contributed by atoms with Crippen LogP contribution in [0.3, 0.4) is 0 Å². The topological polar surface area (TPSA) is 47.1 Å². The summed E-state index contributed by atoms with van der Waals surface area (Å²) in [5.41, 5.74) is 10.6. The Morgan fingerprint density at radius 1 is 1.26 bits per heavy atom. The SMILES string of the molecule is Cc1ccc(N(C)C(CN)c2cn(C)nc2C)cc1. The van der Waals surface area contributed by atoms with Crippen molar-refractivity contribution in [2.24, 2.45) is 12.8 Å². The van der Waals surface area contributed by atoms with Gasteiger partial charge in [-0.1, -0.05) is 17.7 Å². The molecular formula is C15H22N4. The van der Waals surface area contributed by atoms with Gasteiger partial charge in [-0.25, -0.2) is 0 Å². The van der Waals surface area contributed by atoms with E-state index < -0.39 is 0 Å². The zero-order valence-corrected chi connectivity index (χ0v) is 12.1. The van der Waals surface area contributed by atoms with Gasteiger partial charge >= 0.3 is 0 Å². The van der Waals surface area contributed by atoms with Crippen LogP contribution in [-0.2, 0) is 7.05 Å². The van der Waals surface area contributed by atoms with E-state index >= 15 is 0 Å². The molecule has 102 valence electrons. The maximum Gasteiger partial charge on any atom is 0.0694 e. The molecule has 0 saturated carbocycles. The zero-order valence-electron chi connectivity index (χ0n) is 12.1. The smallest absolute Gasteiger partial charge is 0.0694 e. The summed E-state index contributed by atoms with van der Waals surface area (Å²) in [5, 5.41) is 4.40. The van der Waals surface area contributed by atoms with Crippen LogP contribution in [0.15, 0.2) is 30.5 Å². The van der Waals surface area contributed by atoms with Crippen LogP contribution in [-0.4, -0.2) is 23.4 Å². The minimum absolute atomic E-state index is 0.149. The average Bonchev–Trinajstić information content (AvgIpc) is 2.70. The molecule has 0 saturated heterocycles. The van der Waals surface area contributed by atoms with E-state index in [2.05, 4.69) is 54.4 Å². The van der Waals surface area contributed by atoms with Gasteiger partial charge in [-0.2, -0.15) is 5.10 Å². The van der Waals surface area contributed by atoms with E-state index in [1.165, 1.54) is 16.8 Å². The van der Waals surface area contributed by atoms with Crippen molar-refractivity contribution in [3.63, 3.8) is 0 Å². The summed E-state index contributed by atoms with van der Waals surface area (Å²) in [6.45, 7) is 4.69. The molecule has 0 spiro atoms. The number of aromatic nitrogens is 2. The number of hydrogen-bond donors (Lipinski definition) is 1. The fourth-order valence-corrected chi connectivity index (χ4v) is 2.40. The minimum atomic E-state index is 0.149. The highest BCUT2D eigenvalue weighted by Crippen LogP contribution is 2.26. The summed E-state index contributed by atoms with van der Waals surface area (Å²) in [6, 6.07) is 8.65. The van der Waals surface area contributed by atoms with E-state index in [0.29, 0.717) is 6.54 Å². The Morgan fingerprint density at radius 2 is 1.89 bits per heavy atom. The van der Waals surface area contributed by atoms with Crippen molar-refractivity contribution in [1.29, 1.82) is 0 Å². The molecule has 0 amide bonds. The van der Waals surface area contributed by atoms with Crippen LogP contribution in [0.25, 0.3) is 0 Å². The molecule has 0 bridgehead atoms. The van der Waals surface area contributed by atoms with E-state index in [-0.39, 0.29) is 6.04 Å². The number of benzene rings is 1. The van der Waals surface area contributed by atoms with Crippen LogP contribution in [0.1, 0.15) is 22.9 Å². The highest BCUT2D eigenvalue weighted by Gasteiger charge is 2.20. The lowest BCUT2D eigenvalue weighted by Gasteiger charge is -2.29. The fraction of sp³-hybridized carbons (Fsp3) is 0.400. The van der Waals surface area contributed by atoms with Crippen molar-refractivity contribution in [3.05, 3.63) is 47.3 Å². The molecule has 1 aromatic carbocycles. The summed E-state index contributed by atoms with van der Waals surface area (Å²) < 4.78 is 1.84. The molecule has 0 radical (unpaired) electrons. The number of anilines is 1. The second kappa shape index (κ2) is 5.45. The molecule has 1 unspecified atom stereocenters. The lowest BCUT2D eigenvalue weighted by atomic mass is 10.1. The number of rotatable bonds is 4. The molecule has 2 N–H and O–H groups in total. The van der Waals surface area contributed by atoms with E-state index in [1.807, 2.05) is 18.7 Å². The molecule has 0 aliphatic carbocycles. The minimum Gasteiger partial charge on any atom is -0.366 e. The highest BCUT2D eigenvalue weighted by molar-refractivity contribution is 5.49. The van der Waals surface area contributed by atoms with Gasteiger partial charge in [0.25, 0.3) is 0 Å². The maximum atomic E-state index is 5.97. The highest BCUT2D eigenvalue weighted by atomic mass is 15.3. The van der Waals surface area contributed by atoms with Crippen molar-refractivity contribution in [1.82, 2.24) is 9.78 Å². The Bertz CT molecular complexity index is 542. The third kappa shape index (κ3) is 2.79. The second-order valence-corrected chi connectivity index (χ2v) is 5.04. The van der Waals surface area contributed by atoms with Gasteiger partial charge in [0.2, 0.25) is 0 Å². The van der Waals surface area contributed by atoms with Crippen molar-refractivity contribution in [3.8, 4) is 0 Å². The van der Waals surface area contributed by atoms with Crippen LogP contribution in [0, 0.1) is 13.8 Å². The predicted octanol–water partition coefficient (Wildman–Crippen LogP) is 2.17. The van der Waals surface area contributed by atoms with Crippen LogP contribution in [0.4, 0.5) is 5.69 Å². The van der Waals surface area contributed by atoms with E-state index in [1.54, 1.807) is 0 Å². The first-order valence-electron chi connectivity index (χ1n) is 6.52. The van der Waals surface area contributed by atoms with Gasteiger partial charge in [-0.3, -0.25) is 4.68 Å². The van der Waals surface area contributed by atoms with Crippen molar-refractivity contribution < 1.29 is 0 Å². The Labute approximate surface area is 114 Å². The first kappa shape index (κ1) is 13.6. The number of hydrogen-bond acceptors (Lipinski definition) is 3. The van der Waals surface area contributed by atoms with Gasteiger partial charge in [0.15, 0.2) is 0 Å². The average molecular weight is 258 g/mol. The van der Waals surface area contributed by atoms with Gasteiger partial charge in [0.05, 0.1) is 11.7 Å². The molecule has 4 heteroatoms. The number of aryl methyl sites for hydroxylation is 3. The molecule has 0 fully saturated rings. The monoisotopic (exact) mass is 258 g/mol. The lowest BCUT2D eigenvalue weighted by Crippen LogP contribution is -2.30. The van der Waals surface area contributed by atoms with E-state index in [0.717, 1.165) is 5.69 Å². The second-order valence-electron chi connectivity index (χ2n) is 5.04. The number of nitrogens with zero attached hydrogens (tertiary/aromatic N) is 3. The predicted molar refractivity (Wildman–Crippen MR) is 79.3 cm³/mol. The molecular weight excluding hydrogens is 236 g/mol. The molecule has 1 heterocycles. The lowest BCUT2D eigenvalue weighted by molar-refractivity contribution is 0.676. The van der Waals surface area contributed by atoms with Gasteiger partial charge < -0.3 is 10.6 Å². The molecule has 1 aromatic heterocycles. The van der Waals surface area contributed by atoms with Crippen molar-refractivity contribution in [2.75, 3.05) is 18.5 Å². The van der Waals surface area contributed by atoms with Gasteiger partial charge in [0, 0.05) is 38.1 Å². The Morgan fingerprint density at radius 3 is 2.37 bits per heavy atom. The van der Waals surface area contributed by atoms with E-state index in [9.17, 15) is 0 Å². The Kier molecular flexibility index (Phi) is 3.90. The molecule has 0 aliphatic heterocycles.